The van der Waals surface area contributed by atoms with Gasteiger partial charge in [0, 0.05) is 37.1 Å². The van der Waals surface area contributed by atoms with Crippen LogP contribution in [0.3, 0.4) is 0 Å². The molecule has 0 aromatic heterocycles. The van der Waals surface area contributed by atoms with Crippen molar-refractivity contribution < 1.29 is 9.53 Å². The van der Waals surface area contributed by atoms with E-state index in [2.05, 4.69) is 17.6 Å². The van der Waals surface area contributed by atoms with Crippen molar-refractivity contribution in [2.75, 3.05) is 13.2 Å². The van der Waals surface area contributed by atoms with Gasteiger partial charge in [0.05, 0.1) is 6.10 Å². The van der Waals surface area contributed by atoms with Crippen LogP contribution >= 0.6 is 0 Å². The van der Waals surface area contributed by atoms with E-state index < -0.39 is 0 Å². The number of hydrogen-bond acceptors (Lipinski definition) is 3. The van der Waals surface area contributed by atoms with Crippen molar-refractivity contribution in [1.29, 1.82) is 0 Å². The zero-order valence-electron chi connectivity index (χ0n) is 13.3. The fraction of sp³-hybridized carbons (Fsp3) is 0.941. The summed E-state index contributed by atoms with van der Waals surface area (Å²) >= 11 is 0. The van der Waals surface area contributed by atoms with Gasteiger partial charge < -0.3 is 15.4 Å². The van der Waals surface area contributed by atoms with Crippen LogP contribution in [0.2, 0.25) is 0 Å². The van der Waals surface area contributed by atoms with Gasteiger partial charge in [-0.1, -0.05) is 19.3 Å². The third-order valence-corrected chi connectivity index (χ3v) is 5.62. The zero-order valence-corrected chi connectivity index (χ0v) is 13.3. The number of nitrogens with one attached hydrogen (secondary N) is 2. The highest BCUT2D eigenvalue weighted by Crippen LogP contribution is 2.53. The van der Waals surface area contributed by atoms with E-state index in [1.807, 2.05) is 0 Å². The monoisotopic (exact) mass is 294 g/mol. The number of ether oxygens (including phenoxy) is 1. The van der Waals surface area contributed by atoms with Gasteiger partial charge in [-0.3, -0.25) is 4.79 Å². The summed E-state index contributed by atoms with van der Waals surface area (Å²) in [5.41, 5.74) is 0.362. The van der Waals surface area contributed by atoms with E-state index >= 15 is 0 Å². The fourth-order valence-electron chi connectivity index (χ4n) is 4.24. The van der Waals surface area contributed by atoms with Crippen LogP contribution in [0.4, 0.5) is 0 Å². The minimum Gasteiger partial charge on any atom is -0.378 e. The topological polar surface area (TPSA) is 50.4 Å². The van der Waals surface area contributed by atoms with Crippen molar-refractivity contribution >= 4 is 5.91 Å². The molecule has 0 aliphatic heterocycles. The number of carbonyl (C=O) groups excluding carboxylic acids is 1. The van der Waals surface area contributed by atoms with Crippen molar-refractivity contribution in [3.63, 3.8) is 0 Å². The molecule has 0 radical (unpaired) electrons. The van der Waals surface area contributed by atoms with E-state index in [0.717, 1.165) is 19.6 Å². The zero-order chi connectivity index (χ0) is 14.7. The van der Waals surface area contributed by atoms with Gasteiger partial charge in [0.2, 0.25) is 5.91 Å². The fourth-order valence-corrected chi connectivity index (χ4v) is 4.24. The van der Waals surface area contributed by atoms with Gasteiger partial charge in [0.25, 0.3) is 0 Å². The summed E-state index contributed by atoms with van der Waals surface area (Å²) in [5, 5.41) is 6.71. The van der Waals surface area contributed by atoms with Crippen molar-refractivity contribution in [2.24, 2.45) is 5.41 Å². The second-order valence-corrected chi connectivity index (χ2v) is 7.07. The molecular formula is C17H30N2O2. The summed E-state index contributed by atoms with van der Waals surface area (Å²) in [6, 6.07) is 1.04. The molecule has 3 fully saturated rings. The van der Waals surface area contributed by atoms with Gasteiger partial charge in [-0.15, -0.1) is 0 Å². The lowest BCUT2D eigenvalue weighted by molar-refractivity contribution is -0.150. The summed E-state index contributed by atoms with van der Waals surface area (Å²) in [6.07, 6.45) is 11.2. The Morgan fingerprint density at radius 3 is 2.67 bits per heavy atom. The summed E-state index contributed by atoms with van der Waals surface area (Å²) in [5.74, 6) is 0.211. The molecule has 0 saturated heterocycles. The summed E-state index contributed by atoms with van der Waals surface area (Å²) < 4.78 is 5.97. The van der Waals surface area contributed by atoms with E-state index in [-0.39, 0.29) is 5.91 Å². The number of rotatable bonds is 7. The van der Waals surface area contributed by atoms with Crippen LogP contribution in [0.15, 0.2) is 0 Å². The van der Waals surface area contributed by atoms with Crippen molar-refractivity contribution in [3.8, 4) is 0 Å². The Morgan fingerprint density at radius 2 is 2.00 bits per heavy atom. The molecule has 4 heteroatoms. The van der Waals surface area contributed by atoms with E-state index in [0.29, 0.717) is 30.0 Å². The van der Waals surface area contributed by atoms with Crippen molar-refractivity contribution in [2.45, 2.75) is 82.9 Å². The number of amides is 1. The lowest BCUT2D eigenvalue weighted by atomic mass is 9.55. The van der Waals surface area contributed by atoms with Crippen LogP contribution in [0.25, 0.3) is 0 Å². The average molecular weight is 294 g/mol. The molecule has 3 aliphatic carbocycles. The molecule has 3 saturated carbocycles. The number of hydrogen-bond donors (Lipinski definition) is 2. The van der Waals surface area contributed by atoms with E-state index in [9.17, 15) is 4.79 Å². The molecule has 2 N–H and O–H groups in total. The van der Waals surface area contributed by atoms with Gasteiger partial charge in [0.15, 0.2) is 0 Å². The van der Waals surface area contributed by atoms with Gasteiger partial charge in [-0.05, 0) is 39.0 Å². The maximum atomic E-state index is 11.7. The Hall–Kier alpha value is -0.610. The molecule has 2 atom stereocenters. The predicted octanol–water partition coefficient (Wildman–Crippen LogP) is 2.37. The average Bonchev–Trinajstić information content (AvgIpc) is 3.30. The maximum Gasteiger partial charge on any atom is 0.221 e. The first-order chi connectivity index (χ1) is 10.2. The normalized spacial score (nSPS) is 30.9. The lowest BCUT2D eigenvalue weighted by Crippen LogP contribution is -2.64. The first-order valence-electron chi connectivity index (χ1n) is 8.89. The molecule has 0 aromatic carbocycles. The highest BCUT2D eigenvalue weighted by atomic mass is 16.5. The largest absolute Gasteiger partial charge is 0.378 e. The minimum atomic E-state index is 0.211. The maximum absolute atomic E-state index is 11.7. The SMILES string of the molecule is CCOC1CC(NCCC(=O)NC2CC2)C12CCCCC2. The Morgan fingerprint density at radius 1 is 1.24 bits per heavy atom. The van der Waals surface area contributed by atoms with Crippen LogP contribution in [0.1, 0.15) is 64.7 Å². The van der Waals surface area contributed by atoms with E-state index in [1.165, 1.54) is 44.9 Å². The summed E-state index contributed by atoms with van der Waals surface area (Å²) in [6.45, 7) is 3.73. The Labute approximate surface area is 128 Å². The van der Waals surface area contributed by atoms with Gasteiger partial charge in [0.1, 0.15) is 0 Å². The van der Waals surface area contributed by atoms with Gasteiger partial charge >= 0.3 is 0 Å². The van der Waals surface area contributed by atoms with Crippen LogP contribution < -0.4 is 10.6 Å². The van der Waals surface area contributed by atoms with Gasteiger partial charge in [-0.2, -0.15) is 0 Å². The third-order valence-electron chi connectivity index (χ3n) is 5.62. The summed E-state index contributed by atoms with van der Waals surface area (Å²) in [7, 11) is 0. The molecule has 3 aliphatic rings. The van der Waals surface area contributed by atoms with E-state index in [4.69, 9.17) is 4.74 Å². The first kappa shape index (κ1) is 15.3. The molecule has 4 nitrogen and oxygen atoms in total. The number of carbonyl (C=O) groups is 1. The standard InChI is InChI=1S/C17H30N2O2/c1-2-21-15-12-14(17(15)9-4-3-5-10-17)18-11-8-16(20)19-13-6-7-13/h13-15,18H,2-12H2,1H3,(H,19,20). The lowest BCUT2D eigenvalue weighted by Gasteiger charge is -2.58. The molecule has 21 heavy (non-hydrogen) atoms. The highest BCUT2D eigenvalue weighted by molar-refractivity contribution is 5.76. The predicted molar refractivity (Wildman–Crippen MR) is 83.1 cm³/mol. The van der Waals surface area contributed by atoms with Gasteiger partial charge in [-0.25, -0.2) is 0 Å². The highest BCUT2D eigenvalue weighted by Gasteiger charge is 2.55. The molecule has 120 valence electrons. The molecule has 0 heterocycles. The minimum absolute atomic E-state index is 0.211. The van der Waals surface area contributed by atoms with Crippen LogP contribution in [0, 0.1) is 5.41 Å². The van der Waals surface area contributed by atoms with Crippen molar-refractivity contribution in [1.82, 2.24) is 10.6 Å². The third kappa shape index (κ3) is 3.42. The second-order valence-electron chi connectivity index (χ2n) is 7.07. The molecular weight excluding hydrogens is 264 g/mol. The first-order valence-corrected chi connectivity index (χ1v) is 8.89. The smallest absolute Gasteiger partial charge is 0.221 e. The van der Waals surface area contributed by atoms with Crippen molar-refractivity contribution in [3.05, 3.63) is 0 Å². The van der Waals surface area contributed by atoms with Crippen LogP contribution in [-0.4, -0.2) is 37.2 Å². The van der Waals surface area contributed by atoms with Crippen LogP contribution in [-0.2, 0) is 9.53 Å². The molecule has 0 bridgehead atoms. The molecule has 2 unspecified atom stereocenters. The second kappa shape index (κ2) is 6.66. The quantitative estimate of drug-likeness (QED) is 0.758. The molecule has 0 aromatic rings. The Kier molecular flexibility index (Phi) is 4.85. The van der Waals surface area contributed by atoms with Crippen LogP contribution in [0.5, 0.6) is 0 Å². The molecule has 1 amide bonds. The summed E-state index contributed by atoms with van der Waals surface area (Å²) in [4.78, 5) is 11.7. The molecule has 3 rings (SSSR count). The Balaban J connectivity index is 1.44. The Bertz CT molecular complexity index is 362. The van der Waals surface area contributed by atoms with E-state index in [1.54, 1.807) is 0 Å². The molecule has 1 spiro atoms.